The molecule has 1 fully saturated rings. The fraction of sp³-hybridized carbons (Fsp3) is 0.263. The van der Waals surface area contributed by atoms with Gasteiger partial charge in [0.1, 0.15) is 12.2 Å². The SMILES string of the molecule is O=C(Cn1nnc(-c2ccccc2)n1)N1CCN(c2ccccc2[N+](=O)[O-])CC1. The van der Waals surface area contributed by atoms with Crippen LogP contribution in [0.1, 0.15) is 0 Å². The quantitative estimate of drug-likeness (QED) is 0.478. The van der Waals surface area contributed by atoms with Crippen molar-refractivity contribution in [3.63, 3.8) is 0 Å². The van der Waals surface area contributed by atoms with Gasteiger partial charge in [-0.25, -0.2) is 0 Å². The van der Waals surface area contributed by atoms with E-state index >= 15 is 0 Å². The number of nitrogens with zero attached hydrogens (tertiary/aromatic N) is 7. The minimum atomic E-state index is -0.381. The maximum atomic E-state index is 12.6. The first kappa shape index (κ1) is 18.5. The fourth-order valence-corrected chi connectivity index (χ4v) is 3.32. The second-order valence-electron chi connectivity index (χ2n) is 6.62. The van der Waals surface area contributed by atoms with Crippen molar-refractivity contribution in [2.24, 2.45) is 0 Å². The third kappa shape index (κ3) is 4.05. The zero-order valence-electron chi connectivity index (χ0n) is 15.6. The highest BCUT2D eigenvalue weighted by molar-refractivity contribution is 5.76. The summed E-state index contributed by atoms with van der Waals surface area (Å²) < 4.78 is 0. The predicted octanol–water partition coefficient (Wildman–Crippen LogP) is 1.60. The summed E-state index contributed by atoms with van der Waals surface area (Å²) in [5, 5.41) is 23.5. The Hall–Kier alpha value is -3.82. The van der Waals surface area contributed by atoms with Crippen LogP contribution in [0, 0.1) is 10.1 Å². The summed E-state index contributed by atoms with van der Waals surface area (Å²) >= 11 is 0. The first-order valence-corrected chi connectivity index (χ1v) is 9.21. The van der Waals surface area contributed by atoms with Gasteiger partial charge in [-0.1, -0.05) is 42.5 Å². The molecule has 1 saturated heterocycles. The first-order chi connectivity index (χ1) is 14.1. The molecule has 1 aromatic heterocycles. The first-order valence-electron chi connectivity index (χ1n) is 9.21. The van der Waals surface area contributed by atoms with Gasteiger partial charge in [-0.05, 0) is 11.3 Å². The van der Waals surface area contributed by atoms with Crippen LogP contribution in [0.2, 0.25) is 0 Å². The van der Waals surface area contributed by atoms with Gasteiger partial charge >= 0.3 is 0 Å². The lowest BCUT2D eigenvalue weighted by atomic mass is 10.2. The summed E-state index contributed by atoms with van der Waals surface area (Å²) in [5.74, 6) is 0.365. The van der Waals surface area contributed by atoms with E-state index in [2.05, 4.69) is 15.4 Å². The molecule has 1 amide bonds. The Kier molecular flexibility index (Phi) is 5.14. The van der Waals surface area contributed by atoms with Crippen molar-refractivity contribution < 1.29 is 9.72 Å². The number of carbonyl (C=O) groups excluding carboxylic acids is 1. The number of anilines is 1. The molecule has 148 valence electrons. The summed E-state index contributed by atoms with van der Waals surface area (Å²) in [6.07, 6.45) is 0. The number of rotatable bonds is 5. The second kappa shape index (κ2) is 8.05. The lowest BCUT2D eigenvalue weighted by Gasteiger charge is -2.35. The number of aromatic nitrogens is 4. The van der Waals surface area contributed by atoms with Crippen LogP contribution in [0.4, 0.5) is 11.4 Å². The van der Waals surface area contributed by atoms with Gasteiger partial charge in [-0.2, -0.15) is 4.80 Å². The number of nitro benzene ring substituents is 1. The highest BCUT2D eigenvalue weighted by Crippen LogP contribution is 2.28. The number of amides is 1. The van der Waals surface area contributed by atoms with Gasteiger partial charge < -0.3 is 9.80 Å². The van der Waals surface area contributed by atoms with Gasteiger partial charge in [0.2, 0.25) is 11.7 Å². The molecule has 10 heteroatoms. The number of hydrogen-bond donors (Lipinski definition) is 0. The zero-order valence-corrected chi connectivity index (χ0v) is 15.6. The molecule has 0 N–H and O–H groups in total. The highest BCUT2D eigenvalue weighted by Gasteiger charge is 2.25. The molecule has 2 heterocycles. The van der Waals surface area contributed by atoms with Crippen LogP contribution in [0.25, 0.3) is 11.4 Å². The molecule has 29 heavy (non-hydrogen) atoms. The average molecular weight is 393 g/mol. The molecule has 10 nitrogen and oxygen atoms in total. The minimum absolute atomic E-state index is 0.00528. The standard InChI is InChI=1S/C19H19N7O3/c27-18(14-25-21-19(20-22-25)15-6-2-1-3-7-15)24-12-10-23(11-13-24)16-8-4-5-9-17(16)26(28)29/h1-9H,10-14H2. The molecule has 0 atom stereocenters. The largest absolute Gasteiger partial charge is 0.362 e. The van der Waals surface area contributed by atoms with E-state index in [1.807, 2.05) is 35.2 Å². The molecule has 0 radical (unpaired) electrons. The molecule has 1 aliphatic rings. The van der Waals surface area contributed by atoms with E-state index in [0.29, 0.717) is 37.7 Å². The molecule has 1 aliphatic heterocycles. The van der Waals surface area contributed by atoms with Crippen molar-refractivity contribution in [3.05, 3.63) is 64.7 Å². The van der Waals surface area contributed by atoms with Crippen molar-refractivity contribution in [1.82, 2.24) is 25.1 Å². The number of piperazine rings is 1. The molecule has 2 aromatic carbocycles. The van der Waals surface area contributed by atoms with E-state index in [1.54, 1.807) is 23.1 Å². The number of tetrazole rings is 1. The van der Waals surface area contributed by atoms with E-state index in [-0.39, 0.29) is 23.1 Å². The Morgan fingerprint density at radius 3 is 2.41 bits per heavy atom. The molecule has 0 spiro atoms. The third-order valence-electron chi connectivity index (χ3n) is 4.81. The maximum absolute atomic E-state index is 12.6. The van der Waals surface area contributed by atoms with E-state index in [1.165, 1.54) is 10.9 Å². The van der Waals surface area contributed by atoms with Crippen molar-refractivity contribution >= 4 is 17.3 Å². The molecular formula is C19H19N7O3. The Morgan fingerprint density at radius 2 is 1.69 bits per heavy atom. The molecule has 0 unspecified atom stereocenters. The number of benzene rings is 2. The monoisotopic (exact) mass is 393 g/mol. The Bertz CT molecular complexity index is 1010. The van der Waals surface area contributed by atoms with Gasteiger partial charge in [0.05, 0.1) is 4.92 Å². The average Bonchev–Trinajstić information content (AvgIpc) is 3.23. The number of nitro groups is 1. The van der Waals surface area contributed by atoms with Crippen LogP contribution >= 0.6 is 0 Å². The summed E-state index contributed by atoms with van der Waals surface area (Å²) in [5.41, 5.74) is 1.49. The second-order valence-corrected chi connectivity index (χ2v) is 6.62. The van der Waals surface area contributed by atoms with E-state index < -0.39 is 0 Å². The Morgan fingerprint density at radius 1 is 1.00 bits per heavy atom. The number of para-hydroxylation sites is 2. The van der Waals surface area contributed by atoms with Gasteiger partial charge in [-0.3, -0.25) is 14.9 Å². The Labute approximate surface area is 166 Å². The summed E-state index contributed by atoms with van der Waals surface area (Å²) in [6.45, 7) is 2.01. The number of hydrogen-bond acceptors (Lipinski definition) is 7. The van der Waals surface area contributed by atoms with E-state index in [0.717, 1.165) is 5.56 Å². The number of carbonyl (C=O) groups is 1. The molecule has 3 aromatic rings. The van der Waals surface area contributed by atoms with Gasteiger partial charge in [-0.15, -0.1) is 10.2 Å². The molecule has 0 saturated carbocycles. The van der Waals surface area contributed by atoms with Crippen LogP contribution in [0.15, 0.2) is 54.6 Å². The predicted molar refractivity (Wildman–Crippen MR) is 105 cm³/mol. The van der Waals surface area contributed by atoms with Crippen molar-refractivity contribution in [2.75, 3.05) is 31.1 Å². The van der Waals surface area contributed by atoms with Crippen molar-refractivity contribution in [3.8, 4) is 11.4 Å². The fourth-order valence-electron chi connectivity index (χ4n) is 3.32. The molecular weight excluding hydrogens is 374 g/mol. The molecule has 0 aliphatic carbocycles. The van der Waals surface area contributed by atoms with E-state index in [9.17, 15) is 14.9 Å². The van der Waals surface area contributed by atoms with Crippen LogP contribution in [-0.4, -0.2) is 62.1 Å². The third-order valence-corrected chi connectivity index (χ3v) is 4.81. The van der Waals surface area contributed by atoms with Crippen LogP contribution in [0.3, 0.4) is 0 Å². The van der Waals surface area contributed by atoms with Crippen molar-refractivity contribution in [1.29, 1.82) is 0 Å². The molecule has 0 bridgehead atoms. The van der Waals surface area contributed by atoms with Crippen LogP contribution in [0.5, 0.6) is 0 Å². The van der Waals surface area contributed by atoms with E-state index in [4.69, 9.17) is 0 Å². The van der Waals surface area contributed by atoms with Gasteiger partial charge in [0, 0.05) is 37.8 Å². The maximum Gasteiger partial charge on any atom is 0.292 e. The summed E-state index contributed by atoms with van der Waals surface area (Å²) in [7, 11) is 0. The normalized spacial score (nSPS) is 14.1. The molecule has 4 rings (SSSR count). The zero-order chi connectivity index (χ0) is 20.2. The van der Waals surface area contributed by atoms with Gasteiger partial charge in [0.15, 0.2) is 0 Å². The lowest BCUT2D eigenvalue weighted by Crippen LogP contribution is -2.49. The van der Waals surface area contributed by atoms with Crippen molar-refractivity contribution in [2.45, 2.75) is 6.54 Å². The minimum Gasteiger partial charge on any atom is -0.362 e. The Balaban J connectivity index is 1.36. The lowest BCUT2D eigenvalue weighted by molar-refractivity contribution is -0.384. The summed E-state index contributed by atoms with van der Waals surface area (Å²) in [4.78, 5) is 28.4. The smallest absolute Gasteiger partial charge is 0.292 e. The highest BCUT2D eigenvalue weighted by atomic mass is 16.6. The topological polar surface area (TPSA) is 110 Å². The van der Waals surface area contributed by atoms with Crippen LogP contribution in [-0.2, 0) is 11.3 Å². The van der Waals surface area contributed by atoms with Gasteiger partial charge in [0.25, 0.3) is 5.69 Å². The summed E-state index contributed by atoms with van der Waals surface area (Å²) in [6, 6.07) is 16.1. The van der Waals surface area contributed by atoms with Crippen LogP contribution < -0.4 is 4.90 Å².